The van der Waals surface area contributed by atoms with Gasteiger partial charge in [0.05, 0.1) is 16.5 Å². The topological polar surface area (TPSA) is 96.8 Å². The van der Waals surface area contributed by atoms with Crippen molar-refractivity contribution in [3.63, 3.8) is 0 Å². The van der Waals surface area contributed by atoms with Crippen LogP contribution >= 0.6 is 0 Å². The summed E-state index contributed by atoms with van der Waals surface area (Å²) in [6, 6.07) is 5.35. The third-order valence-corrected chi connectivity index (χ3v) is 6.67. The van der Waals surface area contributed by atoms with Gasteiger partial charge in [0.2, 0.25) is 11.3 Å². The summed E-state index contributed by atoms with van der Waals surface area (Å²) in [7, 11) is 0. The van der Waals surface area contributed by atoms with Gasteiger partial charge in [-0.05, 0) is 30.7 Å². The predicted molar refractivity (Wildman–Crippen MR) is 139 cm³/mol. The number of amides is 1. The lowest BCUT2D eigenvalue weighted by molar-refractivity contribution is -0.129. The van der Waals surface area contributed by atoms with Gasteiger partial charge in [0, 0.05) is 57.0 Å². The minimum absolute atomic E-state index is 0.108. The molecule has 10 heteroatoms. The van der Waals surface area contributed by atoms with Crippen LogP contribution in [0.1, 0.15) is 50.5 Å². The largest absolute Gasteiger partial charge is 0.363 e. The Morgan fingerprint density at radius 3 is 2.29 bits per heavy atom. The normalized spacial score (nSPS) is 13.8. The van der Waals surface area contributed by atoms with Crippen LogP contribution in [0, 0.1) is 11.6 Å². The number of carbonyl (C=O) groups excluding carboxylic acids is 4. The molecule has 196 valence electrons. The average molecular weight is 522 g/mol. The molecule has 1 aliphatic rings. The van der Waals surface area contributed by atoms with Crippen molar-refractivity contribution in [1.29, 1.82) is 0 Å². The zero-order valence-corrected chi connectivity index (χ0v) is 20.9. The number of pyridine rings is 1. The molecule has 0 spiro atoms. The molecule has 0 saturated carbocycles. The molecule has 1 aliphatic heterocycles. The molecule has 0 bridgehead atoms. The van der Waals surface area contributed by atoms with Gasteiger partial charge in [-0.25, -0.2) is 8.78 Å². The fourth-order valence-corrected chi connectivity index (χ4v) is 4.60. The predicted octanol–water partition coefficient (Wildman–Crippen LogP) is 3.49. The molecular weight excluding hydrogens is 496 g/mol. The molecular formula is C28H25F2N3O5. The number of aryl methyl sites for hydroxylation is 1. The lowest BCUT2D eigenvalue weighted by atomic mass is 10.0. The van der Waals surface area contributed by atoms with E-state index in [0.29, 0.717) is 31.2 Å². The van der Waals surface area contributed by atoms with Gasteiger partial charge in [-0.3, -0.25) is 24.0 Å². The maximum absolute atomic E-state index is 15.8. The second-order valence-electron chi connectivity index (χ2n) is 8.89. The number of carbonyl (C=O) groups is 4. The smallest absolute Gasteiger partial charge is 0.219 e. The first-order valence-electron chi connectivity index (χ1n) is 12.0. The van der Waals surface area contributed by atoms with Gasteiger partial charge >= 0.3 is 0 Å². The summed E-state index contributed by atoms with van der Waals surface area (Å²) in [5, 5.41) is -0.259. The number of benzene rings is 2. The quantitative estimate of drug-likeness (QED) is 0.268. The van der Waals surface area contributed by atoms with Crippen molar-refractivity contribution in [3.8, 4) is 0 Å². The van der Waals surface area contributed by atoms with E-state index in [1.165, 1.54) is 46.9 Å². The highest BCUT2D eigenvalue weighted by molar-refractivity contribution is 6.08. The van der Waals surface area contributed by atoms with Crippen LogP contribution in [0.15, 0.2) is 41.3 Å². The van der Waals surface area contributed by atoms with Gasteiger partial charge in [-0.2, -0.15) is 0 Å². The first-order valence-corrected chi connectivity index (χ1v) is 12.0. The standard InChI is InChI=1S/C28H25F2N3O5/c1-3-31-14-22(24(37)7-5-18-4-6-19(15-34)20(12-18)16-35)28(38)21-13-23(29)27(25(30)26(21)31)33-10-8-32(9-11-33)17(2)36/h4-7,12-16H,3,8-11H2,1-2H3/b7-5+. The number of anilines is 1. The maximum atomic E-state index is 15.8. The summed E-state index contributed by atoms with van der Waals surface area (Å²) in [6.07, 6.45) is 4.83. The average Bonchev–Trinajstić information content (AvgIpc) is 2.92. The lowest BCUT2D eigenvalue weighted by Crippen LogP contribution is -2.48. The summed E-state index contributed by atoms with van der Waals surface area (Å²) in [5.74, 6) is -2.63. The van der Waals surface area contributed by atoms with Crippen molar-refractivity contribution >= 4 is 46.9 Å². The molecule has 0 aliphatic carbocycles. The van der Waals surface area contributed by atoms with E-state index in [2.05, 4.69) is 0 Å². The van der Waals surface area contributed by atoms with Gasteiger partial charge in [0.1, 0.15) is 11.5 Å². The highest BCUT2D eigenvalue weighted by Crippen LogP contribution is 2.31. The Morgan fingerprint density at radius 2 is 1.68 bits per heavy atom. The fraction of sp³-hybridized carbons (Fsp3) is 0.250. The van der Waals surface area contributed by atoms with Crippen LogP contribution in [0.4, 0.5) is 14.5 Å². The van der Waals surface area contributed by atoms with E-state index in [-0.39, 0.29) is 58.8 Å². The minimum atomic E-state index is -0.928. The van der Waals surface area contributed by atoms with Gasteiger partial charge in [0.15, 0.2) is 24.2 Å². The van der Waals surface area contributed by atoms with E-state index < -0.39 is 22.8 Å². The van der Waals surface area contributed by atoms with Crippen LogP contribution < -0.4 is 10.3 Å². The number of halogens is 2. The second kappa shape index (κ2) is 10.9. The number of rotatable bonds is 7. The van der Waals surface area contributed by atoms with Crippen LogP contribution in [0.3, 0.4) is 0 Å². The van der Waals surface area contributed by atoms with Gasteiger partial charge in [-0.1, -0.05) is 18.2 Å². The monoisotopic (exact) mass is 521 g/mol. The van der Waals surface area contributed by atoms with Crippen molar-refractivity contribution in [2.45, 2.75) is 20.4 Å². The number of fused-ring (bicyclic) bond motifs is 1. The Balaban J connectivity index is 1.73. The number of hydrogen-bond donors (Lipinski definition) is 0. The summed E-state index contributed by atoms with van der Waals surface area (Å²) in [5.41, 5.74) is -0.651. The Hall–Kier alpha value is -4.47. The molecule has 38 heavy (non-hydrogen) atoms. The molecule has 1 fully saturated rings. The van der Waals surface area contributed by atoms with Crippen molar-refractivity contribution in [2.24, 2.45) is 0 Å². The number of allylic oxidation sites excluding steroid dienone is 1. The highest BCUT2D eigenvalue weighted by Gasteiger charge is 2.27. The summed E-state index contributed by atoms with van der Waals surface area (Å²) in [4.78, 5) is 63.1. The van der Waals surface area contributed by atoms with Crippen molar-refractivity contribution in [1.82, 2.24) is 9.47 Å². The SMILES string of the molecule is CCn1cc(C(=O)/C=C/c2ccc(C=O)c(C=O)c2)c(=O)c2cc(F)c(N3CCN(C(C)=O)CC3)c(F)c21. The van der Waals surface area contributed by atoms with Crippen LogP contribution in [0.5, 0.6) is 0 Å². The van der Waals surface area contributed by atoms with E-state index in [1.807, 2.05) is 0 Å². The van der Waals surface area contributed by atoms with Crippen LogP contribution in [-0.4, -0.2) is 59.9 Å². The summed E-state index contributed by atoms with van der Waals surface area (Å²) >= 11 is 0. The number of nitrogens with zero attached hydrogens (tertiary/aromatic N) is 3. The molecule has 3 aromatic rings. The molecule has 2 heterocycles. The molecule has 4 rings (SSSR count). The molecule has 1 saturated heterocycles. The van der Waals surface area contributed by atoms with Crippen LogP contribution in [0.2, 0.25) is 0 Å². The number of hydrogen-bond acceptors (Lipinski definition) is 6. The second-order valence-corrected chi connectivity index (χ2v) is 8.89. The molecule has 2 aromatic carbocycles. The van der Waals surface area contributed by atoms with Crippen LogP contribution in [-0.2, 0) is 11.3 Å². The van der Waals surface area contributed by atoms with Gasteiger partial charge in [-0.15, -0.1) is 0 Å². The molecule has 0 radical (unpaired) electrons. The van der Waals surface area contributed by atoms with E-state index in [9.17, 15) is 24.0 Å². The number of ketones is 1. The first-order chi connectivity index (χ1) is 18.2. The molecule has 8 nitrogen and oxygen atoms in total. The Labute approximate surface area is 216 Å². The van der Waals surface area contributed by atoms with Gasteiger partial charge < -0.3 is 14.4 Å². The fourth-order valence-electron chi connectivity index (χ4n) is 4.60. The number of aromatic nitrogens is 1. The third kappa shape index (κ3) is 4.89. The van der Waals surface area contributed by atoms with Crippen LogP contribution in [0.25, 0.3) is 17.0 Å². The molecule has 0 unspecified atom stereocenters. The van der Waals surface area contributed by atoms with Crippen molar-refractivity contribution < 1.29 is 28.0 Å². The summed E-state index contributed by atoms with van der Waals surface area (Å²) in [6.45, 7) is 4.45. The molecule has 0 atom stereocenters. The van der Waals surface area contributed by atoms with E-state index in [4.69, 9.17) is 0 Å². The first kappa shape index (κ1) is 26.6. The highest BCUT2D eigenvalue weighted by atomic mass is 19.1. The summed E-state index contributed by atoms with van der Waals surface area (Å²) < 4.78 is 32.4. The third-order valence-electron chi connectivity index (χ3n) is 6.67. The van der Waals surface area contributed by atoms with Gasteiger partial charge in [0.25, 0.3) is 0 Å². The zero-order valence-electron chi connectivity index (χ0n) is 20.9. The number of piperazine rings is 1. The zero-order chi connectivity index (χ0) is 27.6. The molecule has 0 N–H and O–H groups in total. The Bertz CT molecular complexity index is 1550. The number of aldehydes is 2. The molecule has 1 amide bonds. The van der Waals surface area contributed by atoms with Crippen molar-refractivity contribution in [2.75, 3.05) is 31.1 Å². The van der Waals surface area contributed by atoms with E-state index in [1.54, 1.807) is 11.8 Å². The Kier molecular flexibility index (Phi) is 7.61. The lowest BCUT2D eigenvalue weighted by Gasteiger charge is -2.36. The van der Waals surface area contributed by atoms with E-state index >= 15 is 8.78 Å². The molecule has 1 aromatic heterocycles. The van der Waals surface area contributed by atoms with E-state index in [0.717, 1.165) is 12.1 Å². The van der Waals surface area contributed by atoms with Crippen molar-refractivity contribution in [3.05, 3.63) is 80.6 Å². The Morgan fingerprint density at radius 1 is 1.00 bits per heavy atom. The minimum Gasteiger partial charge on any atom is -0.363 e. The maximum Gasteiger partial charge on any atom is 0.219 e.